The van der Waals surface area contributed by atoms with Gasteiger partial charge in [-0.25, -0.2) is 18.4 Å². The molecule has 1 aliphatic heterocycles. The molecule has 2 heterocycles. The van der Waals surface area contributed by atoms with Crippen molar-refractivity contribution in [1.82, 2.24) is 19.2 Å². The van der Waals surface area contributed by atoms with Gasteiger partial charge < -0.3 is 4.90 Å². The summed E-state index contributed by atoms with van der Waals surface area (Å²) in [6.45, 7) is 9.41. The second-order valence-electron chi connectivity index (χ2n) is 7.89. The first-order valence-electron chi connectivity index (χ1n) is 10.5. The molecule has 7 nitrogen and oxygen atoms in total. The number of thioether (sulfide) groups is 1. The van der Waals surface area contributed by atoms with Crippen LogP contribution in [0.1, 0.15) is 43.1 Å². The van der Waals surface area contributed by atoms with Crippen molar-refractivity contribution >= 4 is 27.7 Å². The van der Waals surface area contributed by atoms with Crippen LogP contribution in [0.3, 0.4) is 0 Å². The Labute approximate surface area is 189 Å². The molecule has 1 fully saturated rings. The number of piperazine rings is 1. The van der Waals surface area contributed by atoms with Gasteiger partial charge in [0.25, 0.3) is 0 Å². The minimum absolute atomic E-state index is 0.0253. The maximum absolute atomic E-state index is 13.0. The third kappa shape index (κ3) is 5.84. The third-order valence-corrected chi connectivity index (χ3v) is 8.32. The molecule has 2 aromatic rings. The Hall–Kier alpha value is -1.97. The first-order valence-corrected chi connectivity index (χ1v) is 13.0. The summed E-state index contributed by atoms with van der Waals surface area (Å²) in [5.74, 6) is 0.619. The number of aryl methyl sites for hydroxylation is 2. The molecular weight excluding hydrogens is 432 g/mol. The van der Waals surface area contributed by atoms with Gasteiger partial charge in [-0.05, 0) is 49.9 Å². The molecule has 0 aliphatic carbocycles. The van der Waals surface area contributed by atoms with E-state index in [-0.39, 0.29) is 11.7 Å². The average molecular weight is 463 g/mol. The van der Waals surface area contributed by atoms with Crippen molar-refractivity contribution in [3.05, 3.63) is 47.3 Å². The predicted molar refractivity (Wildman–Crippen MR) is 123 cm³/mol. The van der Waals surface area contributed by atoms with Gasteiger partial charge in [0.1, 0.15) is 0 Å². The van der Waals surface area contributed by atoms with E-state index >= 15 is 0 Å². The van der Waals surface area contributed by atoms with Crippen LogP contribution in [0.15, 0.2) is 40.4 Å². The van der Waals surface area contributed by atoms with Gasteiger partial charge >= 0.3 is 0 Å². The maximum Gasteiger partial charge on any atom is 0.243 e. The van der Waals surface area contributed by atoms with Gasteiger partial charge in [0.05, 0.1) is 10.6 Å². The molecule has 1 unspecified atom stereocenters. The van der Waals surface area contributed by atoms with Crippen molar-refractivity contribution in [3.8, 4) is 0 Å². The Morgan fingerprint density at radius 3 is 2.19 bits per heavy atom. The lowest BCUT2D eigenvalue weighted by molar-refractivity contribution is -0.129. The summed E-state index contributed by atoms with van der Waals surface area (Å²) >= 11 is 1.31. The lowest BCUT2D eigenvalue weighted by Gasteiger charge is -2.34. The monoisotopic (exact) mass is 462 g/mol. The van der Waals surface area contributed by atoms with E-state index in [9.17, 15) is 13.2 Å². The number of sulfonamides is 1. The zero-order chi connectivity index (χ0) is 22.6. The molecule has 0 radical (unpaired) electrons. The summed E-state index contributed by atoms with van der Waals surface area (Å²) in [5, 5.41) is 0.591. The van der Waals surface area contributed by atoms with E-state index < -0.39 is 10.0 Å². The second kappa shape index (κ2) is 10.1. The smallest absolute Gasteiger partial charge is 0.243 e. The minimum Gasteiger partial charge on any atom is -0.339 e. The highest BCUT2D eigenvalue weighted by Crippen LogP contribution is 2.23. The fourth-order valence-electron chi connectivity index (χ4n) is 3.51. The van der Waals surface area contributed by atoms with Crippen LogP contribution < -0.4 is 0 Å². The highest BCUT2D eigenvalue weighted by atomic mass is 32.2. The fraction of sp³-hybridized carbons (Fsp3) is 0.500. The zero-order valence-electron chi connectivity index (χ0n) is 18.5. The second-order valence-corrected chi connectivity index (χ2v) is 10.8. The van der Waals surface area contributed by atoms with E-state index in [2.05, 4.69) is 23.8 Å². The van der Waals surface area contributed by atoms with E-state index in [1.807, 2.05) is 32.0 Å². The molecule has 0 spiro atoms. The largest absolute Gasteiger partial charge is 0.339 e. The number of carbonyl (C=O) groups excluding carboxylic acids is 1. The normalized spacial score (nSPS) is 16.3. The van der Waals surface area contributed by atoms with Gasteiger partial charge in [-0.2, -0.15) is 4.31 Å². The molecule has 0 bridgehead atoms. The number of hydrogen-bond donors (Lipinski definition) is 0. The molecule has 1 amide bonds. The van der Waals surface area contributed by atoms with E-state index in [1.165, 1.54) is 16.1 Å². The Morgan fingerprint density at radius 1 is 1.06 bits per heavy atom. The molecule has 1 aromatic heterocycles. The van der Waals surface area contributed by atoms with E-state index in [0.717, 1.165) is 23.4 Å². The van der Waals surface area contributed by atoms with Crippen LogP contribution in [0.2, 0.25) is 0 Å². The first-order chi connectivity index (χ1) is 14.7. The zero-order valence-corrected chi connectivity index (χ0v) is 20.2. The molecule has 31 heavy (non-hydrogen) atoms. The number of aromatic nitrogens is 2. The number of carbonyl (C=O) groups is 1. The molecule has 0 N–H and O–H groups in total. The summed E-state index contributed by atoms with van der Waals surface area (Å²) in [7, 11) is -3.55. The van der Waals surface area contributed by atoms with E-state index in [4.69, 9.17) is 0 Å². The number of nitrogens with zero attached hydrogens (tertiary/aromatic N) is 4. The molecule has 9 heteroatoms. The number of amides is 1. The van der Waals surface area contributed by atoms with E-state index in [0.29, 0.717) is 42.1 Å². The molecule has 3 rings (SSSR count). The summed E-state index contributed by atoms with van der Waals surface area (Å²) in [5.41, 5.74) is 2.89. The van der Waals surface area contributed by atoms with Gasteiger partial charge in [-0.15, -0.1) is 0 Å². The van der Waals surface area contributed by atoms with Crippen molar-refractivity contribution in [1.29, 1.82) is 0 Å². The summed E-state index contributed by atoms with van der Waals surface area (Å²) in [6.07, 6.45) is 1.01. The SMILES string of the molecule is CCC(C)c1ccc(S(=O)(=O)N2CCN(C(=O)CSc3nc(C)cc(C)n3)CC2)cc1. The van der Waals surface area contributed by atoms with Gasteiger partial charge in [0.15, 0.2) is 5.16 Å². The number of hydrogen-bond acceptors (Lipinski definition) is 6. The fourth-order valence-corrected chi connectivity index (χ4v) is 5.78. The van der Waals surface area contributed by atoms with Gasteiger partial charge in [0, 0.05) is 37.6 Å². The molecule has 1 aliphatic rings. The summed E-state index contributed by atoms with van der Waals surface area (Å²) < 4.78 is 27.4. The van der Waals surface area contributed by atoms with Crippen LogP contribution in [0.5, 0.6) is 0 Å². The van der Waals surface area contributed by atoms with Crippen LogP contribution >= 0.6 is 11.8 Å². The standard InChI is InChI=1S/C22H30N4O3S2/c1-5-16(2)19-6-8-20(9-7-19)31(28,29)26-12-10-25(11-13-26)21(27)15-30-22-23-17(3)14-18(4)24-22/h6-9,14,16H,5,10-13,15H2,1-4H3. The first kappa shape index (κ1) is 23.7. The maximum atomic E-state index is 13.0. The van der Waals surface area contributed by atoms with Crippen LogP contribution in [0.4, 0.5) is 0 Å². The lowest BCUT2D eigenvalue weighted by Crippen LogP contribution is -2.50. The Bertz CT molecular complexity index is 997. The lowest BCUT2D eigenvalue weighted by atomic mass is 9.99. The molecule has 1 aromatic carbocycles. The summed E-state index contributed by atoms with van der Waals surface area (Å²) in [4.78, 5) is 23.3. The van der Waals surface area contributed by atoms with Crippen LogP contribution in [0.25, 0.3) is 0 Å². The summed E-state index contributed by atoms with van der Waals surface area (Å²) in [6, 6.07) is 9.06. The highest BCUT2D eigenvalue weighted by Gasteiger charge is 2.30. The van der Waals surface area contributed by atoms with Crippen molar-refractivity contribution < 1.29 is 13.2 Å². The van der Waals surface area contributed by atoms with Crippen molar-refractivity contribution in [2.24, 2.45) is 0 Å². The van der Waals surface area contributed by atoms with Gasteiger partial charge in [-0.1, -0.05) is 37.7 Å². The average Bonchev–Trinajstić information content (AvgIpc) is 2.76. The Kier molecular flexibility index (Phi) is 7.72. The molecular formula is C22H30N4O3S2. The van der Waals surface area contributed by atoms with E-state index in [1.54, 1.807) is 17.0 Å². The quantitative estimate of drug-likeness (QED) is 0.464. The minimum atomic E-state index is -3.55. The predicted octanol–water partition coefficient (Wildman–Crippen LogP) is 3.23. The highest BCUT2D eigenvalue weighted by molar-refractivity contribution is 7.99. The molecule has 168 valence electrons. The Balaban J connectivity index is 1.56. The Morgan fingerprint density at radius 2 is 1.65 bits per heavy atom. The topological polar surface area (TPSA) is 83.5 Å². The van der Waals surface area contributed by atoms with Gasteiger partial charge in [0.2, 0.25) is 15.9 Å². The van der Waals surface area contributed by atoms with Crippen molar-refractivity contribution in [2.45, 2.75) is 50.1 Å². The molecule has 1 saturated heterocycles. The third-order valence-electron chi connectivity index (χ3n) is 5.58. The molecule has 1 atom stereocenters. The van der Waals surface area contributed by atoms with Crippen LogP contribution in [0, 0.1) is 13.8 Å². The van der Waals surface area contributed by atoms with Crippen molar-refractivity contribution in [2.75, 3.05) is 31.9 Å². The number of rotatable bonds is 7. The van der Waals surface area contributed by atoms with Gasteiger partial charge in [-0.3, -0.25) is 4.79 Å². The van der Waals surface area contributed by atoms with Crippen LogP contribution in [-0.4, -0.2) is 65.4 Å². The molecule has 0 saturated carbocycles. The van der Waals surface area contributed by atoms with Crippen molar-refractivity contribution in [3.63, 3.8) is 0 Å². The number of benzene rings is 1. The van der Waals surface area contributed by atoms with Crippen LogP contribution in [-0.2, 0) is 14.8 Å².